The maximum atomic E-state index is 13.7. The molecule has 0 unspecified atom stereocenters. The number of ether oxygens (including phenoxy) is 5. The Bertz CT molecular complexity index is 1710. The standard InChI is InChI=1S/C30H26N2O8S/c1-4-38-20-9-5-16(13-22(20)37-3)26-25(27(33)17-6-10-21-23(14-17)40-12-11-39-21)28(34)29(35)32(26)30-31-19-8-7-18(36-2)15-24(19)41-30/h5-10,13-15,26,33H,4,11-12H2,1-3H3/b27-25+/t26-/m1/s1. The largest absolute Gasteiger partial charge is 0.507 e. The normalized spacial score (nSPS) is 17.6. The van der Waals surface area contributed by atoms with Crippen LogP contribution in [0.25, 0.3) is 16.0 Å². The zero-order valence-corrected chi connectivity index (χ0v) is 23.3. The van der Waals surface area contributed by atoms with Crippen LogP contribution in [0.5, 0.6) is 28.7 Å². The summed E-state index contributed by atoms with van der Waals surface area (Å²) in [6, 6.07) is 14.4. The fourth-order valence-electron chi connectivity index (χ4n) is 4.94. The Balaban J connectivity index is 1.54. The van der Waals surface area contributed by atoms with Crippen LogP contribution < -0.4 is 28.6 Å². The highest BCUT2D eigenvalue weighted by atomic mass is 32.1. The summed E-state index contributed by atoms with van der Waals surface area (Å²) in [5.74, 6) is 0.544. The van der Waals surface area contributed by atoms with Crippen molar-refractivity contribution < 1.29 is 38.4 Å². The molecule has 3 heterocycles. The minimum atomic E-state index is -1.00. The van der Waals surface area contributed by atoms with Gasteiger partial charge in [-0.05, 0) is 61.0 Å². The topological polar surface area (TPSA) is 117 Å². The predicted octanol–water partition coefficient (Wildman–Crippen LogP) is 5.11. The van der Waals surface area contributed by atoms with E-state index in [0.29, 0.717) is 70.3 Å². The van der Waals surface area contributed by atoms with Crippen molar-refractivity contribution in [3.63, 3.8) is 0 Å². The summed E-state index contributed by atoms with van der Waals surface area (Å²) >= 11 is 1.24. The Hall–Kier alpha value is -4.77. The Labute approximate surface area is 239 Å². The molecule has 1 fully saturated rings. The molecule has 0 spiro atoms. The highest BCUT2D eigenvalue weighted by molar-refractivity contribution is 7.22. The molecule has 0 bridgehead atoms. The van der Waals surface area contributed by atoms with Gasteiger partial charge in [0.25, 0.3) is 5.78 Å². The lowest BCUT2D eigenvalue weighted by Gasteiger charge is -2.24. The molecule has 1 N–H and O–H groups in total. The van der Waals surface area contributed by atoms with Crippen LogP contribution in [0.4, 0.5) is 5.13 Å². The number of amides is 1. The average Bonchev–Trinajstić information content (AvgIpc) is 3.54. The Morgan fingerprint density at radius 2 is 1.80 bits per heavy atom. The van der Waals surface area contributed by atoms with E-state index >= 15 is 0 Å². The van der Waals surface area contributed by atoms with Crippen molar-refractivity contribution in [1.82, 2.24) is 4.98 Å². The van der Waals surface area contributed by atoms with Gasteiger partial charge < -0.3 is 28.8 Å². The van der Waals surface area contributed by atoms with E-state index in [1.54, 1.807) is 55.6 Å². The van der Waals surface area contributed by atoms with Gasteiger partial charge in [0.1, 0.15) is 24.7 Å². The van der Waals surface area contributed by atoms with Crippen molar-refractivity contribution in [3.8, 4) is 28.7 Å². The van der Waals surface area contributed by atoms with E-state index in [9.17, 15) is 14.7 Å². The summed E-state index contributed by atoms with van der Waals surface area (Å²) in [7, 11) is 3.08. The number of rotatable bonds is 7. The van der Waals surface area contributed by atoms with E-state index in [1.807, 2.05) is 13.0 Å². The van der Waals surface area contributed by atoms with E-state index in [1.165, 1.54) is 23.3 Å². The predicted molar refractivity (Wildman–Crippen MR) is 153 cm³/mol. The van der Waals surface area contributed by atoms with E-state index < -0.39 is 17.7 Å². The number of hydrogen-bond donors (Lipinski definition) is 1. The maximum Gasteiger partial charge on any atom is 0.301 e. The number of fused-ring (bicyclic) bond motifs is 2. The van der Waals surface area contributed by atoms with Gasteiger partial charge in [-0.25, -0.2) is 4.98 Å². The number of aliphatic hydroxyl groups excluding tert-OH is 1. The highest BCUT2D eigenvalue weighted by Crippen LogP contribution is 2.46. The van der Waals surface area contributed by atoms with Gasteiger partial charge in [0.15, 0.2) is 28.1 Å². The van der Waals surface area contributed by atoms with Crippen molar-refractivity contribution in [2.24, 2.45) is 0 Å². The lowest BCUT2D eigenvalue weighted by molar-refractivity contribution is -0.132. The number of aromatic nitrogens is 1. The number of benzene rings is 3. The van der Waals surface area contributed by atoms with Gasteiger partial charge in [0.05, 0.1) is 42.7 Å². The Morgan fingerprint density at radius 3 is 2.56 bits per heavy atom. The first kappa shape index (κ1) is 26.5. The van der Waals surface area contributed by atoms with Crippen molar-refractivity contribution in [2.75, 3.05) is 38.9 Å². The molecular weight excluding hydrogens is 548 g/mol. The van der Waals surface area contributed by atoms with Gasteiger partial charge in [-0.15, -0.1) is 0 Å². The number of thiazole rings is 1. The SMILES string of the molecule is CCOc1ccc([C@@H]2/C(=C(\O)c3ccc4c(c3)OCCO4)C(=O)C(=O)N2c2nc3ccc(OC)cc3s2)cc1OC. The third-order valence-corrected chi connectivity index (χ3v) is 7.87. The monoisotopic (exact) mass is 574 g/mol. The number of hydrogen-bond acceptors (Lipinski definition) is 10. The van der Waals surface area contributed by atoms with Gasteiger partial charge in [-0.3, -0.25) is 14.5 Å². The molecule has 11 heteroatoms. The average molecular weight is 575 g/mol. The molecule has 0 aliphatic carbocycles. The second-order valence-electron chi connectivity index (χ2n) is 9.20. The summed E-state index contributed by atoms with van der Waals surface area (Å²) in [6.45, 7) is 3.05. The fraction of sp³-hybridized carbons (Fsp3) is 0.233. The summed E-state index contributed by atoms with van der Waals surface area (Å²) in [5.41, 5.74) is 1.39. The highest BCUT2D eigenvalue weighted by Gasteiger charge is 2.48. The van der Waals surface area contributed by atoms with Crippen molar-refractivity contribution >= 4 is 44.1 Å². The van der Waals surface area contributed by atoms with Gasteiger partial charge in [-0.1, -0.05) is 17.4 Å². The minimum absolute atomic E-state index is 0.0882. The summed E-state index contributed by atoms with van der Waals surface area (Å²) < 4.78 is 28.6. The number of anilines is 1. The quantitative estimate of drug-likeness (QED) is 0.183. The van der Waals surface area contributed by atoms with Crippen LogP contribution in [0.15, 0.2) is 60.2 Å². The number of methoxy groups -OCH3 is 2. The Morgan fingerprint density at radius 1 is 1.00 bits per heavy atom. The molecule has 210 valence electrons. The molecule has 1 amide bonds. The van der Waals surface area contributed by atoms with Crippen LogP contribution in [-0.4, -0.2) is 55.8 Å². The van der Waals surface area contributed by atoms with E-state index in [4.69, 9.17) is 23.7 Å². The Kier molecular flexibility index (Phi) is 6.88. The van der Waals surface area contributed by atoms with Crippen LogP contribution >= 0.6 is 11.3 Å². The molecule has 1 saturated heterocycles. The number of ketones is 1. The minimum Gasteiger partial charge on any atom is -0.507 e. The van der Waals surface area contributed by atoms with Crippen molar-refractivity contribution in [2.45, 2.75) is 13.0 Å². The smallest absolute Gasteiger partial charge is 0.301 e. The van der Waals surface area contributed by atoms with Gasteiger partial charge >= 0.3 is 5.91 Å². The zero-order chi connectivity index (χ0) is 28.7. The fourth-order valence-corrected chi connectivity index (χ4v) is 5.96. The van der Waals surface area contributed by atoms with Crippen molar-refractivity contribution in [1.29, 1.82) is 0 Å². The van der Waals surface area contributed by atoms with Crippen LogP contribution in [-0.2, 0) is 9.59 Å². The first-order valence-corrected chi connectivity index (χ1v) is 13.7. The van der Waals surface area contributed by atoms with Gasteiger partial charge in [0.2, 0.25) is 0 Å². The molecule has 0 saturated carbocycles. The molecule has 1 aromatic heterocycles. The summed E-state index contributed by atoms with van der Waals surface area (Å²) in [5, 5.41) is 11.9. The van der Waals surface area contributed by atoms with E-state index in [-0.39, 0.29) is 11.3 Å². The third-order valence-electron chi connectivity index (χ3n) is 6.85. The molecule has 4 aromatic rings. The summed E-state index contributed by atoms with van der Waals surface area (Å²) in [6.07, 6.45) is 0. The van der Waals surface area contributed by atoms with E-state index in [2.05, 4.69) is 4.98 Å². The first-order valence-electron chi connectivity index (χ1n) is 12.9. The lowest BCUT2D eigenvalue weighted by atomic mass is 9.95. The molecule has 0 radical (unpaired) electrons. The molecule has 10 nitrogen and oxygen atoms in total. The molecule has 2 aliphatic heterocycles. The maximum absolute atomic E-state index is 13.7. The van der Waals surface area contributed by atoms with Crippen molar-refractivity contribution in [3.05, 3.63) is 71.3 Å². The van der Waals surface area contributed by atoms with Crippen LogP contribution in [0.2, 0.25) is 0 Å². The van der Waals surface area contributed by atoms with E-state index in [0.717, 1.165) is 4.70 Å². The second kappa shape index (κ2) is 10.7. The molecule has 6 rings (SSSR count). The third kappa shape index (κ3) is 4.57. The van der Waals surface area contributed by atoms with Crippen LogP contribution in [0, 0.1) is 0 Å². The molecule has 41 heavy (non-hydrogen) atoms. The van der Waals surface area contributed by atoms with Crippen LogP contribution in [0.1, 0.15) is 24.1 Å². The number of carbonyl (C=O) groups excluding carboxylic acids is 2. The summed E-state index contributed by atoms with van der Waals surface area (Å²) in [4.78, 5) is 33.3. The zero-order valence-electron chi connectivity index (χ0n) is 22.5. The molecule has 3 aromatic carbocycles. The molecular formula is C30H26N2O8S. The van der Waals surface area contributed by atoms with Gasteiger partial charge in [-0.2, -0.15) is 0 Å². The number of Topliss-reactive ketones (excluding diaryl/α,β-unsaturated/α-hetero) is 1. The number of carbonyl (C=O) groups is 2. The number of aliphatic hydroxyl groups is 1. The number of nitrogens with zero attached hydrogens (tertiary/aromatic N) is 2. The lowest BCUT2D eigenvalue weighted by Crippen LogP contribution is -2.29. The molecule has 2 aliphatic rings. The van der Waals surface area contributed by atoms with Gasteiger partial charge in [0, 0.05) is 5.56 Å². The van der Waals surface area contributed by atoms with Crippen LogP contribution in [0.3, 0.4) is 0 Å². The second-order valence-corrected chi connectivity index (χ2v) is 10.2. The first-order chi connectivity index (χ1) is 19.9. The molecule has 1 atom stereocenters.